The monoisotopic (exact) mass is 1050 g/mol. The Morgan fingerprint density at radius 3 is 0.939 bits per heavy atom. The second-order valence-electron chi connectivity index (χ2n) is 23.7. The molecule has 0 saturated heterocycles. The summed E-state index contributed by atoms with van der Waals surface area (Å²) in [5, 5.41) is 17.3. The molecule has 14 aromatic carbocycles. The number of fused-ring (bicyclic) bond motifs is 4. The van der Waals surface area contributed by atoms with Crippen molar-refractivity contribution in [3.63, 3.8) is 0 Å². The van der Waals surface area contributed by atoms with Crippen molar-refractivity contribution in [3.8, 4) is 22.3 Å². The lowest BCUT2D eigenvalue weighted by molar-refractivity contribution is 0.443. The van der Waals surface area contributed by atoms with E-state index in [4.69, 9.17) is 0 Å². The lowest BCUT2D eigenvalue weighted by Gasteiger charge is -2.31. The van der Waals surface area contributed by atoms with Gasteiger partial charge >= 0.3 is 0 Å². The van der Waals surface area contributed by atoms with Crippen LogP contribution in [0.2, 0.25) is 0 Å². The van der Waals surface area contributed by atoms with Gasteiger partial charge in [-0.2, -0.15) is 0 Å². The molecule has 0 amide bonds. The zero-order valence-electron chi connectivity index (χ0n) is 46.4. The van der Waals surface area contributed by atoms with Gasteiger partial charge in [-0.15, -0.1) is 0 Å². The fourth-order valence-electron chi connectivity index (χ4n) is 14.7. The van der Waals surface area contributed by atoms with Crippen molar-refractivity contribution >= 4 is 110 Å². The van der Waals surface area contributed by atoms with E-state index in [2.05, 4.69) is 265 Å². The molecule has 0 aliphatic heterocycles. The molecule has 0 spiro atoms. The molecule has 14 aromatic rings. The quantitative estimate of drug-likeness (QED) is 0.126. The summed E-state index contributed by atoms with van der Waals surface area (Å²) in [4.78, 5) is 5.13. The van der Waals surface area contributed by atoms with E-state index < -0.39 is 0 Å². The van der Waals surface area contributed by atoms with Gasteiger partial charge in [0.15, 0.2) is 0 Å². The Kier molecular flexibility index (Phi) is 12.1. The summed E-state index contributed by atoms with van der Waals surface area (Å²) in [6, 6.07) is 97.6. The van der Waals surface area contributed by atoms with Crippen LogP contribution in [0.3, 0.4) is 0 Å². The van der Waals surface area contributed by atoms with E-state index in [0.29, 0.717) is 11.8 Å². The molecule has 0 aromatic heterocycles. The molecule has 0 N–H and O–H groups in total. The number of rotatable bonds is 10. The molecule has 0 radical (unpaired) electrons. The van der Waals surface area contributed by atoms with Crippen molar-refractivity contribution in [2.24, 2.45) is 0 Å². The molecular weight excluding hydrogens is 989 g/mol. The van der Waals surface area contributed by atoms with Crippen molar-refractivity contribution in [1.82, 2.24) is 0 Å². The number of hydrogen-bond donors (Lipinski definition) is 0. The van der Waals surface area contributed by atoms with Crippen LogP contribution in [0.5, 0.6) is 0 Å². The van der Waals surface area contributed by atoms with Crippen LogP contribution < -0.4 is 9.80 Å². The second-order valence-corrected chi connectivity index (χ2v) is 23.7. The normalized spacial score (nSPS) is 14.5. The third kappa shape index (κ3) is 8.54. The van der Waals surface area contributed by atoms with Gasteiger partial charge < -0.3 is 9.80 Å². The average Bonchev–Trinajstić information content (AvgIpc) is 2.65. The van der Waals surface area contributed by atoms with Crippen LogP contribution in [0.1, 0.15) is 87.2 Å². The Balaban J connectivity index is 1.01. The van der Waals surface area contributed by atoms with E-state index in [0.717, 1.165) is 34.1 Å². The average molecular weight is 1050 g/mol. The smallest absolute Gasteiger partial charge is 0.0546 e. The van der Waals surface area contributed by atoms with Gasteiger partial charge in [-0.1, -0.05) is 221 Å². The molecule has 2 heteroatoms. The van der Waals surface area contributed by atoms with Crippen LogP contribution >= 0.6 is 0 Å². The largest absolute Gasteiger partial charge is 0.310 e. The molecule has 2 nitrogen and oxygen atoms in total. The van der Waals surface area contributed by atoms with Crippen LogP contribution in [0.15, 0.2) is 255 Å². The Labute approximate surface area is 480 Å². The minimum Gasteiger partial charge on any atom is -0.310 e. The molecule has 394 valence electrons. The van der Waals surface area contributed by atoms with Crippen LogP contribution in [0.4, 0.5) is 34.1 Å². The van der Waals surface area contributed by atoms with Crippen molar-refractivity contribution in [3.05, 3.63) is 266 Å². The molecule has 0 atom stereocenters. The van der Waals surface area contributed by atoms with E-state index in [1.165, 1.54) is 173 Å². The minimum atomic E-state index is 0.612. The second kappa shape index (κ2) is 20.4. The predicted molar refractivity (Wildman–Crippen MR) is 352 cm³/mol. The van der Waals surface area contributed by atoms with Gasteiger partial charge in [0, 0.05) is 44.3 Å². The summed E-state index contributed by atoms with van der Waals surface area (Å²) in [6.45, 7) is 0. The van der Waals surface area contributed by atoms with Gasteiger partial charge in [-0.25, -0.2) is 0 Å². The summed E-state index contributed by atoms with van der Waals surface area (Å²) in [6.07, 6.45) is 13.0. The van der Waals surface area contributed by atoms with Gasteiger partial charge in [0.05, 0.1) is 11.4 Å². The lowest BCUT2D eigenvalue weighted by Crippen LogP contribution is -2.13. The minimum absolute atomic E-state index is 0.612. The van der Waals surface area contributed by atoms with Crippen molar-refractivity contribution < 1.29 is 0 Å². The molecule has 2 aliphatic carbocycles. The number of anilines is 6. The third-order valence-electron chi connectivity index (χ3n) is 18.9. The predicted octanol–water partition coefficient (Wildman–Crippen LogP) is 23.6. The van der Waals surface area contributed by atoms with Crippen LogP contribution in [-0.4, -0.2) is 0 Å². The standard InChI is InChI=1S/C80H64N2/c1-3-15-53(16-4-1)59-31-37-67(38-32-59)81(69-41-35-57-21-9-13-25-63(57)49-69)77-51-75(65-29-27-55-19-7-11-23-61(55)47-65)71-44-46-74-78(52-76(72-43-45-73(77)79(71)80(72)74)66-30-28-56-20-8-12-24-62(56)48-66)82(70-42-36-58-22-10-14-26-64(58)50-70)68-39-33-60(34-40-68)54-17-5-2-6-18-54/h7-14,19-54H,1-6,15-18H2. The first-order valence-corrected chi connectivity index (χ1v) is 30.2. The SMILES string of the molecule is c1ccc2cc(-c3cc(N(c4ccc(C5CCCCC5)cc4)c4ccc5ccccc5c4)c4ccc5c(-c6ccc7ccccc7c6)cc(N(c6ccc(C7CCCCC7)cc6)c6ccc7ccccc7c6)c6ccc3c4c56)ccc2c1. The molecular formula is C80H64N2. The highest BCUT2D eigenvalue weighted by molar-refractivity contribution is 6.32. The van der Waals surface area contributed by atoms with Gasteiger partial charge in [0.25, 0.3) is 0 Å². The van der Waals surface area contributed by atoms with E-state index in [1.54, 1.807) is 0 Å². The van der Waals surface area contributed by atoms with Crippen LogP contribution in [0.25, 0.3) is 97.7 Å². The first-order chi connectivity index (χ1) is 40.6. The zero-order chi connectivity index (χ0) is 54.1. The van der Waals surface area contributed by atoms with E-state index in [-0.39, 0.29) is 0 Å². The van der Waals surface area contributed by atoms with Crippen molar-refractivity contribution in [2.45, 2.75) is 76.0 Å². The highest BCUT2D eigenvalue weighted by Gasteiger charge is 2.27. The Bertz CT molecular complexity index is 4410. The number of hydrogen-bond acceptors (Lipinski definition) is 2. The van der Waals surface area contributed by atoms with Gasteiger partial charge in [0.2, 0.25) is 0 Å². The fraction of sp³-hybridized carbons (Fsp3) is 0.150. The molecule has 82 heavy (non-hydrogen) atoms. The Hall–Kier alpha value is -9.24. The first-order valence-electron chi connectivity index (χ1n) is 30.2. The molecule has 16 rings (SSSR count). The third-order valence-corrected chi connectivity index (χ3v) is 18.9. The van der Waals surface area contributed by atoms with Crippen molar-refractivity contribution in [2.75, 3.05) is 9.80 Å². The maximum Gasteiger partial charge on any atom is 0.0546 e. The topological polar surface area (TPSA) is 6.48 Å². The zero-order valence-corrected chi connectivity index (χ0v) is 46.4. The number of benzene rings is 14. The Morgan fingerprint density at radius 2 is 0.561 bits per heavy atom. The summed E-state index contributed by atoms with van der Waals surface area (Å²) in [5.74, 6) is 1.22. The molecule has 2 saturated carbocycles. The summed E-state index contributed by atoms with van der Waals surface area (Å²) in [7, 11) is 0. The molecule has 0 heterocycles. The fourth-order valence-corrected chi connectivity index (χ4v) is 14.7. The maximum atomic E-state index is 2.56. The van der Waals surface area contributed by atoms with Gasteiger partial charge in [-0.3, -0.25) is 0 Å². The first kappa shape index (κ1) is 48.6. The van der Waals surface area contributed by atoms with Gasteiger partial charge in [0.1, 0.15) is 0 Å². The van der Waals surface area contributed by atoms with Gasteiger partial charge in [-0.05, 0) is 198 Å². The van der Waals surface area contributed by atoms with Crippen molar-refractivity contribution in [1.29, 1.82) is 0 Å². The van der Waals surface area contributed by atoms with Crippen LogP contribution in [-0.2, 0) is 0 Å². The highest BCUT2D eigenvalue weighted by Crippen LogP contribution is 2.53. The maximum absolute atomic E-state index is 2.56. The van der Waals surface area contributed by atoms with E-state index in [9.17, 15) is 0 Å². The molecule has 2 fully saturated rings. The van der Waals surface area contributed by atoms with E-state index >= 15 is 0 Å². The Morgan fingerprint density at radius 1 is 0.244 bits per heavy atom. The summed E-state index contributed by atoms with van der Waals surface area (Å²) in [5.41, 5.74) is 14.7. The molecule has 0 unspecified atom stereocenters. The number of nitrogens with zero attached hydrogens (tertiary/aromatic N) is 2. The lowest BCUT2D eigenvalue weighted by atomic mass is 9.83. The molecule has 2 aliphatic rings. The highest BCUT2D eigenvalue weighted by atomic mass is 15.2. The van der Waals surface area contributed by atoms with Crippen LogP contribution in [0, 0.1) is 0 Å². The summed E-state index contributed by atoms with van der Waals surface area (Å²) >= 11 is 0. The summed E-state index contributed by atoms with van der Waals surface area (Å²) < 4.78 is 0. The molecule has 0 bridgehead atoms. The van der Waals surface area contributed by atoms with E-state index in [1.807, 2.05) is 0 Å².